The van der Waals surface area contributed by atoms with Gasteiger partial charge in [0, 0.05) is 10.6 Å². The fourth-order valence-corrected chi connectivity index (χ4v) is 3.38. The average molecular weight is 283 g/mol. The van der Waals surface area contributed by atoms with Crippen molar-refractivity contribution < 1.29 is 0 Å². The molecular weight excluding hydrogens is 266 g/mol. The molecule has 2 aromatic rings. The second kappa shape index (κ2) is 5.86. The number of fused-ring (bicyclic) bond motifs is 1. The average Bonchev–Trinajstić information content (AvgIpc) is 2.65. The summed E-state index contributed by atoms with van der Waals surface area (Å²) in [6.45, 7) is 3.05. The Morgan fingerprint density at radius 3 is 3.00 bits per heavy atom. The van der Waals surface area contributed by atoms with E-state index < -0.39 is 0 Å². The van der Waals surface area contributed by atoms with E-state index >= 15 is 0 Å². The summed E-state index contributed by atoms with van der Waals surface area (Å²) in [5.41, 5.74) is -0.0283. The lowest BCUT2D eigenvalue weighted by atomic mass is 10.4. The predicted octanol–water partition coefficient (Wildman–Crippen LogP) is 2.34. The molecule has 0 fully saturated rings. The number of nitrogens with one attached hydrogen (secondary N) is 1. The molecule has 0 saturated carbocycles. The van der Waals surface area contributed by atoms with Crippen LogP contribution in [0.15, 0.2) is 16.0 Å². The van der Waals surface area contributed by atoms with E-state index in [9.17, 15) is 4.79 Å². The smallest absolute Gasteiger partial charge is 0.260 e. The Morgan fingerprint density at radius 1 is 1.50 bits per heavy atom. The van der Waals surface area contributed by atoms with Crippen molar-refractivity contribution in [3.63, 3.8) is 0 Å². The van der Waals surface area contributed by atoms with Crippen molar-refractivity contribution in [1.82, 2.24) is 14.9 Å². The van der Waals surface area contributed by atoms with Crippen LogP contribution in [0.3, 0.4) is 0 Å². The molecule has 0 unspecified atom stereocenters. The second-order valence-corrected chi connectivity index (χ2v) is 6.77. The van der Waals surface area contributed by atoms with E-state index in [4.69, 9.17) is 0 Å². The summed E-state index contributed by atoms with van der Waals surface area (Å²) in [7, 11) is 4.12. The largest absolute Gasteiger partial charge is 0.309 e. The van der Waals surface area contributed by atoms with Crippen LogP contribution in [0.2, 0.25) is 0 Å². The van der Waals surface area contributed by atoms with Crippen LogP contribution in [-0.4, -0.2) is 41.3 Å². The first-order valence-electron chi connectivity index (χ1n) is 5.84. The molecule has 1 N–H and O–H groups in total. The van der Waals surface area contributed by atoms with Gasteiger partial charge in [-0.15, -0.1) is 11.3 Å². The fraction of sp³-hybridized carbons (Fsp3) is 0.500. The molecule has 18 heavy (non-hydrogen) atoms. The van der Waals surface area contributed by atoms with Gasteiger partial charge < -0.3 is 9.88 Å². The summed E-state index contributed by atoms with van der Waals surface area (Å²) in [6, 6.07) is 1.90. The number of hydrogen-bond donors (Lipinski definition) is 1. The van der Waals surface area contributed by atoms with Crippen molar-refractivity contribution in [3.05, 3.63) is 21.3 Å². The van der Waals surface area contributed by atoms with E-state index in [0.717, 1.165) is 33.6 Å². The Labute approximate surface area is 114 Å². The Kier molecular flexibility index (Phi) is 4.42. The van der Waals surface area contributed by atoms with Gasteiger partial charge in [-0.05, 0) is 40.1 Å². The fourth-order valence-electron chi connectivity index (χ4n) is 1.65. The Bertz CT molecular complexity index is 589. The minimum absolute atomic E-state index is 0.0283. The highest BCUT2D eigenvalue weighted by Gasteiger charge is 2.07. The van der Waals surface area contributed by atoms with E-state index in [-0.39, 0.29) is 5.56 Å². The second-order valence-electron chi connectivity index (χ2n) is 4.45. The van der Waals surface area contributed by atoms with Crippen molar-refractivity contribution >= 4 is 33.3 Å². The van der Waals surface area contributed by atoms with Crippen LogP contribution in [0, 0.1) is 6.92 Å². The molecule has 0 saturated heterocycles. The van der Waals surface area contributed by atoms with Crippen LogP contribution in [0.4, 0.5) is 0 Å². The molecule has 4 nitrogen and oxygen atoms in total. The Balaban J connectivity index is 2.07. The maximum Gasteiger partial charge on any atom is 0.260 e. The van der Waals surface area contributed by atoms with Crippen LogP contribution in [0.1, 0.15) is 11.3 Å². The third-order valence-corrected chi connectivity index (χ3v) is 4.40. The van der Waals surface area contributed by atoms with Crippen LogP contribution in [-0.2, 0) is 0 Å². The van der Waals surface area contributed by atoms with Crippen molar-refractivity contribution in [2.45, 2.75) is 18.5 Å². The molecule has 0 bridgehead atoms. The number of thioether (sulfide) groups is 1. The number of aromatic nitrogens is 2. The highest BCUT2D eigenvalue weighted by atomic mass is 32.2. The standard InChI is InChI=1S/C12H17N3OS2/c1-8-7-9-10(16)13-12(14-11(9)18-8)17-6-4-5-15(2)3/h7H,4-6H2,1-3H3,(H,13,14,16). The number of H-pyrrole nitrogens is 1. The normalized spacial score (nSPS) is 11.6. The Hall–Kier alpha value is -0.850. The van der Waals surface area contributed by atoms with Crippen LogP contribution in [0.5, 0.6) is 0 Å². The molecule has 0 radical (unpaired) electrons. The molecule has 0 aliphatic carbocycles. The zero-order chi connectivity index (χ0) is 13.1. The van der Waals surface area contributed by atoms with Crippen molar-refractivity contribution in [3.8, 4) is 0 Å². The zero-order valence-corrected chi connectivity index (χ0v) is 12.5. The van der Waals surface area contributed by atoms with E-state index in [1.54, 1.807) is 23.1 Å². The van der Waals surface area contributed by atoms with Crippen molar-refractivity contribution in [1.29, 1.82) is 0 Å². The van der Waals surface area contributed by atoms with Gasteiger partial charge in [-0.1, -0.05) is 11.8 Å². The topological polar surface area (TPSA) is 49.0 Å². The van der Waals surface area contributed by atoms with Crippen LogP contribution < -0.4 is 5.56 Å². The van der Waals surface area contributed by atoms with Gasteiger partial charge in [-0.3, -0.25) is 4.79 Å². The molecule has 2 rings (SSSR count). The molecule has 0 aliphatic heterocycles. The molecule has 6 heteroatoms. The first-order valence-corrected chi connectivity index (χ1v) is 7.64. The lowest BCUT2D eigenvalue weighted by molar-refractivity contribution is 0.410. The maximum atomic E-state index is 11.8. The molecule has 0 spiro atoms. The summed E-state index contributed by atoms with van der Waals surface area (Å²) in [5.74, 6) is 0.969. The highest BCUT2D eigenvalue weighted by molar-refractivity contribution is 7.99. The Morgan fingerprint density at radius 2 is 2.28 bits per heavy atom. The lowest BCUT2D eigenvalue weighted by Gasteiger charge is -2.08. The molecule has 2 aromatic heterocycles. The van der Waals surface area contributed by atoms with Gasteiger partial charge >= 0.3 is 0 Å². The number of thiophene rings is 1. The first kappa shape index (κ1) is 13.6. The number of rotatable bonds is 5. The van der Waals surface area contributed by atoms with Crippen molar-refractivity contribution in [2.24, 2.45) is 0 Å². The number of nitrogens with zero attached hydrogens (tertiary/aromatic N) is 2. The summed E-state index contributed by atoms with van der Waals surface area (Å²) >= 11 is 3.19. The zero-order valence-electron chi connectivity index (χ0n) is 10.8. The first-order chi connectivity index (χ1) is 8.56. The quantitative estimate of drug-likeness (QED) is 0.520. The van der Waals surface area contributed by atoms with Gasteiger partial charge in [0.1, 0.15) is 4.83 Å². The van der Waals surface area contributed by atoms with Gasteiger partial charge in [-0.2, -0.15) is 0 Å². The number of aryl methyl sites for hydroxylation is 1. The maximum absolute atomic E-state index is 11.8. The molecule has 0 aromatic carbocycles. The van der Waals surface area contributed by atoms with Gasteiger partial charge in [0.05, 0.1) is 5.39 Å². The molecule has 0 atom stereocenters. The summed E-state index contributed by atoms with van der Waals surface area (Å²) in [5, 5.41) is 1.43. The monoisotopic (exact) mass is 283 g/mol. The minimum atomic E-state index is -0.0283. The van der Waals surface area contributed by atoms with Gasteiger partial charge in [0.25, 0.3) is 5.56 Å². The molecule has 0 aliphatic rings. The van der Waals surface area contributed by atoms with E-state index in [2.05, 4.69) is 29.0 Å². The number of hydrogen-bond acceptors (Lipinski definition) is 5. The van der Waals surface area contributed by atoms with Gasteiger partial charge in [0.2, 0.25) is 0 Å². The van der Waals surface area contributed by atoms with Crippen LogP contribution in [0.25, 0.3) is 10.2 Å². The molecular formula is C12H17N3OS2. The predicted molar refractivity (Wildman–Crippen MR) is 78.9 cm³/mol. The highest BCUT2D eigenvalue weighted by Crippen LogP contribution is 2.22. The summed E-state index contributed by atoms with van der Waals surface area (Å²) < 4.78 is 0. The van der Waals surface area contributed by atoms with E-state index in [0.29, 0.717) is 5.39 Å². The third-order valence-electron chi connectivity index (χ3n) is 2.49. The van der Waals surface area contributed by atoms with Gasteiger partial charge in [0.15, 0.2) is 5.16 Å². The molecule has 2 heterocycles. The molecule has 0 amide bonds. The SMILES string of the molecule is Cc1cc2c(=O)[nH]c(SCCCN(C)C)nc2s1. The van der Waals surface area contributed by atoms with E-state index in [1.807, 2.05) is 13.0 Å². The minimum Gasteiger partial charge on any atom is -0.309 e. The number of aromatic amines is 1. The summed E-state index contributed by atoms with van der Waals surface area (Å²) in [6.07, 6.45) is 1.09. The van der Waals surface area contributed by atoms with E-state index in [1.165, 1.54) is 0 Å². The van der Waals surface area contributed by atoms with Crippen molar-refractivity contribution in [2.75, 3.05) is 26.4 Å². The lowest BCUT2D eigenvalue weighted by Crippen LogP contribution is -2.13. The van der Waals surface area contributed by atoms with Crippen LogP contribution >= 0.6 is 23.1 Å². The molecule has 98 valence electrons. The van der Waals surface area contributed by atoms with Gasteiger partial charge in [-0.25, -0.2) is 4.98 Å². The summed E-state index contributed by atoms with van der Waals surface area (Å²) in [4.78, 5) is 23.3. The third kappa shape index (κ3) is 3.34.